The average molecular weight is 319 g/mol. The van der Waals surface area contributed by atoms with Crippen LogP contribution < -0.4 is 5.32 Å². The molecule has 0 radical (unpaired) electrons. The second-order valence-electron chi connectivity index (χ2n) is 5.21. The van der Waals surface area contributed by atoms with Gasteiger partial charge in [-0.25, -0.2) is 18.9 Å². The number of nitrogens with one attached hydrogen (secondary N) is 1. The number of carbonyl (C=O) groups excluding carboxylic acids is 1. The molecule has 0 aliphatic carbocycles. The Balaban J connectivity index is 1.71. The molecule has 0 bridgehead atoms. The summed E-state index contributed by atoms with van der Waals surface area (Å²) in [5, 5.41) is 6.89. The van der Waals surface area contributed by atoms with Crippen molar-refractivity contribution >= 4 is 11.8 Å². The minimum absolute atomic E-state index is 0.0547. The average Bonchev–Trinajstić information content (AvgIpc) is 3.03. The molecule has 2 amide bonds. The van der Waals surface area contributed by atoms with Gasteiger partial charge >= 0.3 is 6.03 Å². The minimum atomic E-state index is -0.479. The SMILES string of the molecule is CCC1COCCN1C(=O)Nc1ccn(-c2ncccc2F)n1. The minimum Gasteiger partial charge on any atom is -0.377 e. The second kappa shape index (κ2) is 6.74. The number of pyridine rings is 1. The number of aromatic nitrogens is 3. The van der Waals surface area contributed by atoms with Gasteiger partial charge in [-0.05, 0) is 18.6 Å². The van der Waals surface area contributed by atoms with E-state index in [-0.39, 0.29) is 17.9 Å². The zero-order valence-electron chi connectivity index (χ0n) is 12.8. The molecule has 122 valence electrons. The van der Waals surface area contributed by atoms with E-state index in [9.17, 15) is 9.18 Å². The highest BCUT2D eigenvalue weighted by Crippen LogP contribution is 2.14. The lowest BCUT2D eigenvalue weighted by molar-refractivity contribution is 0.0143. The predicted octanol–water partition coefficient (Wildman–Crippen LogP) is 2.05. The van der Waals surface area contributed by atoms with Crippen LogP contribution in [0.4, 0.5) is 15.0 Å². The molecule has 8 heteroatoms. The van der Waals surface area contributed by atoms with E-state index in [4.69, 9.17) is 4.74 Å². The number of nitrogens with zero attached hydrogens (tertiary/aromatic N) is 4. The molecule has 3 rings (SSSR count). The Kier molecular flexibility index (Phi) is 4.52. The first-order valence-corrected chi connectivity index (χ1v) is 7.51. The predicted molar refractivity (Wildman–Crippen MR) is 81.9 cm³/mol. The van der Waals surface area contributed by atoms with E-state index in [1.165, 1.54) is 23.0 Å². The quantitative estimate of drug-likeness (QED) is 0.940. The molecule has 0 aromatic carbocycles. The van der Waals surface area contributed by atoms with Crippen LogP contribution in [-0.4, -0.2) is 51.5 Å². The first kappa shape index (κ1) is 15.4. The van der Waals surface area contributed by atoms with Crippen LogP contribution >= 0.6 is 0 Å². The molecule has 0 spiro atoms. The van der Waals surface area contributed by atoms with Crippen molar-refractivity contribution in [3.05, 3.63) is 36.4 Å². The molecule has 2 aromatic rings. The Morgan fingerprint density at radius 1 is 1.52 bits per heavy atom. The number of hydrogen-bond donors (Lipinski definition) is 1. The van der Waals surface area contributed by atoms with Crippen molar-refractivity contribution in [1.29, 1.82) is 0 Å². The Hall–Kier alpha value is -2.48. The second-order valence-corrected chi connectivity index (χ2v) is 5.21. The standard InChI is InChI=1S/C15H18FN5O2/c1-2-11-10-23-9-8-20(11)15(22)18-13-5-7-21(19-13)14-12(16)4-3-6-17-14/h3-7,11H,2,8-10H2,1H3,(H,18,19,22). The smallest absolute Gasteiger partial charge is 0.323 e. The van der Waals surface area contributed by atoms with Gasteiger partial charge in [0.1, 0.15) is 0 Å². The fourth-order valence-corrected chi connectivity index (χ4v) is 2.50. The summed E-state index contributed by atoms with van der Waals surface area (Å²) in [6.45, 7) is 3.62. The molecule has 1 aliphatic rings. The van der Waals surface area contributed by atoms with E-state index in [1.807, 2.05) is 6.92 Å². The van der Waals surface area contributed by atoms with Gasteiger partial charge in [-0.15, -0.1) is 5.10 Å². The molecule has 1 unspecified atom stereocenters. The number of halogens is 1. The van der Waals surface area contributed by atoms with Gasteiger partial charge in [-0.2, -0.15) is 0 Å². The summed E-state index contributed by atoms with van der Waals surface area (Å²) in [4.78, 5) is 18.1. The molecule has 7 nitrogen and oxygen atoms in total. The number of carbonyl (C=O) groups is 1. The molecule has 2 aromatic heterocycles. The van der Waals surface area contributed by atoms with E-state index >= 15 is 0 Å². The van der Waals surface area contributed by atoms with Crippen LogP contribution in [0.3, 0.4) is 0 Å². The Morgan fingerprint density at radius 3 is 3.17 bits per heavy atom. The van der Waals surface area contributed by atoms with Crippen molar-refractivity contribution in [2.24, 2.45) is 0 Å². The number of amides is 2. The van der Waals surface area contributed by atoms with Gasteiger partial charge in [0.2, 0.25) is 0 Å². The third kappa shape index (κ3) is 3.31. The number of hydrogen-bond acceptors (Lipinski definition) is 4. The highest BCUT2D eigenvalue weighted by Gasteiger charge is 2.26. The van der Waals surface area contributed by atoms with Crippen molar-refractivity contribution in [2.75, 3.05) is 25.1 Å². The fourth-order valence-electron chi connectivity index (χ4n) is 2.50. The lowest BCUT2D eigenvalue weighted by atomic mass is 10.2. The maximum atomic E-state index is 13.7. The third-order valence-corrected chi connectivity index (χ3v) is 3.74. The molecule has 23 heavy (non-hydrogen) atoms. The molecular formula is C15H18FN5O2. The third-order valence-electron chi connectivity index (χ3n) is 3.74. The summed E-state index contributed by atoms with van der Waals surface area (Å²) < 4.78 is 20.4. The van der Waals surface area contributed by atoms with Crippen LogP contribution in [-0.2, 0) is 4.74 Å². The Bertz CT molecular complexity index is 690. The van der Waals surface area contributed by atoms with Gasteiger partial charge in [0, 0.05) is 25.0 Å². The van der Waals surface area contributed by atoms with E-state index in [0.29, 0.717) is 25.6 Å². The molecule has 1 saturated heterocycles. The lowest BCUT2D eigenvalue weighted by Crippen LogP contribution is -2.50. The highest BCUT2D eigenvalue weighted by molar-refractivity contribution is 5.88. The van der Waals surface area contributed by atoms with Crippen LogP contribution in [0, 0.1) is 5.82 Å². The van der Waals surface area contributed by atoms with Crippen LogP contribution in [0.2, 0.25) is 0 Å². The fraction of sp³-hybridized carbons (Fsp3) is 0.400. The molecule has 3 heterocycles. The number of ether oxygens (including phenoxy) is 1. The summed E-state index contributed by atoms with van der Waals surface area (Å²) in [5.74, 6) is -0.0418. The number of morpholine rings is 1. The molecular weight excluding hydrogens is 301 g/mol. The van der Waals surface area contributed by atoms with E-state index in [1.54, 1.807) is 17.2 Å². The normalized spacial score (nSPS) is 18.0. The van der Waals surface area contributed by atoms with Crippen LogP contribution in [0.15, 0.2) is 30.6 Å². The monoisotopic (exact) mass is 319 g/mol. The van der Waals surface area contributed by atoms with E-state index in [0.717, 1.165) is 6.42 Å². The molecule has 0 saturated carbocycles. The first-order valence-electron chi connectivity index (χ1n) is 7.51. The number of anilines is 1. The molecule has 1 atom stereocenters. The number of urea groups is 1. The van der Waals surface area contributed by atoms with Crippen molar-refractivity contribution in [3.8, 4) is 5.82 Å². The van der Waals surface area contributed by atoms with E-state index in [2.05, 4.69) is 15.4 Å². The summed E-state index contributed by atoms with van der Waals surface area (Å²) >= 11 is 0. The topological polar surface area (TPSA) is 72.3 Å². The Labute approximate surface area is 133 Å². The van der Waals surface area contributed by atoms with Gasteiger partial charge in [-0.3, -0.25) is 5.32 Å². The van der Waals surface area contributed by atoms with Gasteiger partial charge in [-0.1, -0.05) is 6.92 Å². The van der Waals surface area contributed by atoms with Crippen molar-refractivity contribution in [3.63, 3.8) is 0 Å². The van der Waals surface area contributed by atoms with Gasteiger partial charge < -0.3 is 9.64 Å². The highest BCUT2D eigenvalue weighted by atomic mass is 19.1. The van der Waals surface area contributed by atoms with Crippen LogP contribution in [0.25, 0.3) is 5.82 Å². The summed E-state index contributed by atoms with van der Waals surface area (Å²) in [6, 6.07) is 4.25. The first-order chi connectivity index (χ1) is 11.2. The lowest BCUT2D eigenvalue weighted by Gasteiger charge is -2.34. The van der Waals surface area contributed by atoms with Gasteiger partial charge in [0.05, 0.1) is 19.3 Å². The van der Waals surface area contributed by atoms with Crippen molar-refractivity contribution < 1.29 is 13.9 Å². The zero-order valence-corrected chi connectivity index (χ0v) is 12.8. The molecule has 1 fully saturated rings. The maximum Gasteiger partial charge on any atom is 0.323 e. The van der Waals surface area contributed by atoms with Crippen LogP contribution in [0.5, 0.6) is 0 Å². The van der Waals surface area contributed by atoms with Gasteiger partial charge in [0.25, 0.3) is 0 Å². The molecule has 1 aliphatic heterocycles. The Morgan fingerprint density at radius 2 is 2.39 bits per heavy atom. The number of rotatable bonds is 3. The summed E-state index contributed by atoms with van der Waals surface area (Å²) in [7, 11) is 0. The largest absolute Gasteiger partial charge is 0.377 e. The summed E-state index contributed by atoms with van der Waals surface area (Å²) in [6.07, 6.45) is 3.86. The zero-order chi connectivity index (χ0) is 16.2. The van der Waals surface area contributed by atoms with Crippen molar-refractivity contribution in [2.45, 2.75) is 19.4 Å². The van der Waals surface area contributed by atoms with Crippen LogP contribution in [0.1, 0.15) is 13.3 Å². The van der Waals surface area contributed by atoms with Gasteiger partial charge in [0.15, 0.2) is 17.5 Å². The van der Waals surface area contributed by atoms with Crippen molar-refractivity contribution in [1.82, 2.24) is 19.7 Å². The summed E-state index contributed by atoms with van der Waals surface area (Å²) in [5.41, 5.74) is 0. The maximum absolute atomic E-state index is 13.7. The van der Waals surface area contributed by atoms with E-state index < -0.39 is 5.82 Å². The molecule has 1 N–H and O–H groups in total.